The Morgan fingerprint density at radius 3 is 2.78 bits per heavy atom. The monoisotopic (exact) mass is 261 g/mol. The number of aryl methyl sites for hydroxylation is 1. The average Bonchev–Trinajstić information content (AvgIpc) is 2.84. The molecule has 1 heterocycles. The molecule has 1 unspecified atom stereocenters. The van der Waals surface area contributed by atoms with Crippen LogP contribution in [0, 0.1) is 6.92 Å². The normalized spacial score (nSPS) is 12.4. The van der Waals surface area contributed by atoms with E-state index in [2.05, 4.69) is 29.8 Å². The van der Waals surface area contributed by atoms with Crippen molar-refractivity contribution in [3.8, 4) is 5.75 Å². The molecule has 1 atom stereocenters. The highest BCUT2D eigenvalue weighted by Gasteiger charge is 2.04. The molecule has 0 fully saturated rings. The molecule has 2 aromatic rings. The predicted octanol–water partition coefficient (Wildman–Crippen LogP) is 3.70. The van der Waals surface area contributed by atoms with Gasteiger partial charge in [0.15, 0.2) is 0 Å². The van der Waals surface area contributed by atoms with E-state index in [-0.39, 0.29) is 6.04 Å². The highest BCUT2D eigenvalue weighted by molar-refractivity contribution is 7.07. The van der Waals surface area contributed by atoms with Crippen LogP contribution in [0.15, 0.2) is 35.0 Å². The zero-order valence-electron chi connectivity index (χ0n) is 10.8. The van der Waals surface area contributed by atoms with E-state index >= 15 is 0 Å². The van der Waals surface area contributed by atoms with Gasteiger partial charge in [-0.1, -0.05) is 12.1 Å². The Morgan fingerprint density at radius 2 is 2.17 bits per heavy atom. The Hall–Kier alpha value is -1.32. The Morgan fingerprint density at radius 1 is 1.33 bits per heavy atom. The number of hydrogen-bond acceptors (Lipinski definition) is 3. The van der Waals surface area contributed by atoms with Crippen molar-refractivity contribution in [2.75, 3.05) is 6.61 Å². The molecule has 0 spiro atoms. The number of nitrogens with two attached hydrogens (primary N) is 1. The van der Waals surface area contributed by atoms with E-state index in [4.69, 9.17) is 10.5 Å². The molecule has 2 nitrogen and oxygen atoms in total. The Labute approximate surface area is 112 Å². The number of hydrogen-bond donors (Lipinski definition) is 1. The van der Waals surface area contributed by atoms with Crippen LogP contribution < -0.4 is 10.5 Å². The summed E-state index contributed by atoms with van der Waals surface area (Å²) in [6.07, 6.45) is 0.956. The van der Waals surface area contributed by atoms with Gasteiger partial charge in [-0.15, -0.1) is 0 Å². The van der Waals surface area contributed by atoms with Gasteiger partial charge in [0, 0.05) is 12.5 Å². The molecule has 0 aliphatic heterocycles. The molecule has 0 saturated carbocycles. The number of thiophene rings is 1. The fourth-order valence-corrected chi connectivity index (χ4v) is 2.53. The fraction of sp³-hybridized carbons (Fsp3) is 0.333. The first-order chi connectivity index (χ1) is 8.66. The van der Waals surface area contributed by atoms with Crippen LogP contribution in [0.3, 0.4) is 0 Å². The van der Waals surface area contributed by atoms with E-state index in [1.807, 2.05) is 19.1 Å². The molecular formula is C15H19NOS. The number of ether oxygens (including phenoxy) is 1. The smallest absolute Gasteiger partial charge is 0.122 e. The first-order valence-electron chi connectivity index (χ1n) is 6.17. The highest BCUT2D eigenvalue weighted by Crippen LogP contribution is 2.22. The minimum Gasteiger partial charge on any atom is -0.493 e. The molecule has 3 heteroatoms. The van der Waals surface area contributed by atoms with E-state index in [0.717, 1.165) is 29.9 Å². The van der Waals surface area contributed by atoms with Crippen molar-refractivity contribution in [2.45, 2.75) is 26.3 Å². The van der Waals surface area contributed by atoms with Crippen molar-refractivity contribution in [1.29, 1.82) is 0 Å². The largest absolute Gasteiger partial charge is 0.493 e. The van der Waals surface area contributed by atoms with Gasteiger partial charge in [-0.2, -0.15) is 11.3 Å². The first-order valence-corrected chi connectivity index (χ1v) is 7.11. The SMILES string of the molecule is Cc1cc(C(C)N)ccc1OCCc1ccsc1. The lowest BCUT2D eigenvalue weighted by molar-refractivity contribution is 0.320. The summed E-state index contributed by atoms with van der Waals surface area (Å²) in [6, 6.07) is 8.37. The first kappa shape index (κ1) is 13.1. The van der Waals surface area contributed by atoms with Gasteiger partial charge in [-0.05, 0) is 53.4 Å². The molecule has 0 amide bonds. The summed E-state index contributed by atoms with van der Waals surface area (Å²) in [5.74, 6) is 0.953. The van der Waals surface area contributed by atoms with Crippen LogP contribution in [0.2, 0.25) is 0 Å². The summed E-state index contributed by atoms with van der Waals surface area (Å²) in [5, 5.41) is 4.26. The van der Waals surface area contributed by atoms with Crippen LogP contribution in [0.1, 0.15) is 29.7 Å². The summed E-state index contributed by atoms with van der Waals surface area (Å²) < 4.78 is 5.81. The topological polar surface area (TPSA) is 35.2 Å². The van der Waals surface area contributed by atoms with Crippen LogP contribution in [0.25, 0.3) is 0 Å². The Kier molecular flexibility index (Phi) is 4.39. The van der Waals surface area contributed by atoms with E-state index in [9.17, 15) is 0 Å². The van der Waals surface area contributed by atoms with Crippen LogP contribution in [0.4, 0.5) is 0 Å². The summed E-state index contributed by atoms with van der Waals surface area (Å²) >= 11 is 1.72. The minimum absolute atomic E-state index is 0.0727. The second-order valence-corrected chi connectivity index (χ2v) is 5.32. The maximum Gasteiger partial charge on any atom is 0.122 e. The van der Waals surface area contributed by atoms with E-state index in [0.29, 0.717) is 0 Å². The van der Waals surface area contributed by atoms with Crippen molar-refractivity contribution in [1.82, 2.24) is 0 Å². The standard InChI is InChI=1S/C15H19NOS/c1-11-9-14(12(2)16)3-4-15(11)17-7-5-13-6-8-18-10-13/h3-4,6,8-10,12H,5,7,16H2,1-2H3. The Balaban J connectivity index is 1.93. The minimum atomic E-state index is 0.0727. The summed E-state index contributed by atoms with van der Waals surface area (Å²) in [5.41, 5.74) is 9.49. The third-order valence-corrected chi connectivity index (χ3v) is 3.69. The molecule has 1 aromatic heterocycles. The van der Waals surface area contributed by atoms with E-state index in [1.54, 1.807) is 11.3 Å². The van der Waals surface area contributed by atoms with E-state index < -0.39 is 0 Å². The maximum atomic E-state index is 5.86. The highest BCUT2D eigenvalue weighted by atomic mass is 32.1. The van der Waals surface area contributed by atoms with Gasteiger partial charge in [-0.3, -0.25) is 0 Å². The zero-order valence-corrected chi connectivity index (χ0v) is 11.7. The van der Waals surface area contributed by atoms with Crippen LogP contribution in [-0.2, 0) is 6.42 Å². The number of rotatable bonds is 5. The van der Waals surface area contributed by atoms with Crippen molar-refractivity contribution in [3.05, 3.63) is 51.7 Å². The number of benzene rings is 1. The molecule has 0 saturated heterocycles. The quantitative estimate of drug-likeness (QED) is 0.890. The lowest BCUT2D eigenvalue weighted by atomic mass is 10.1. The van der Waals surface area contributed by atoms with Crippen molar-refractivity contribution in [3.63, 3.8) is 0 Å². The molecule has 0 radical (unpaired) electrons. The average molecular weight is 261 g/mol. The molecule has 2 N–H and O–H groups in total. The predicted molar refractivity (Wildman–Crippen MR) is 77.3 cm³/mol. The van der Waals surface area contributed by atoms with Gasteiger partial charge < -0.3 is 10.5 Å². The third-order valence-electron chi connectivity index (χ3n) is 2.95. The fourth-order valence-electron chi connectivity index (χ4n) is 1.83. The van der Waals surface area contributed by atoms with Crippen LogP contribution in [-0.4, -0.2) is 6.61 Å². The van der Waals surface area contributed by atoms with Crippen LogP contribution in [0.5, 0.6) is 5.75 Å². The van der Waals surface area contributed by atoms with Crippen molar-refractivity contribution in [2.24, 2.45) is 5.73 Å². The lowest BCUT2D eigenvalue weighted by Gasteiger charge is -2.12. The molecular weight excluding hydrogens is 242 g/mol. The molecule has 0 bridgehead atoms. The zero-order chi connectivity index (χ0) is 13.0. The summed E-state index contributed by atoms with van der Waals surface area (Å²) in [4.78, 5) is 0. The molecule has 0 aliphatic carbocycles. The molecule has 18 heavy (non-hydrogen) atoms. The molecule has 96 valence electrons. The van der Waals surface area contributed by atoms with Gasteiger partial charge in [0.2, 0.25) is 0 Å². The van der Waals surface area contributed by atoms with Gasteiger partial charge in [0.25, 0.3) is 0 Å². The van der Waals surface area contributed by atoms with Crippen molar-refractivity contribution >= 4 is 11.3 Å². The second-order valence-electron chi connectivity index (χ2n) is 4.54. The summed E-state index contributed by atoms with van der Waals surface area (Å²) in [7, 11) is 0. The molecule has 2 rings (SSSR count). The van der Waals surface area contributed by atoms with Gasteiger partial charge >= 0.3 is 0 Å². The molecule has 0 aliphatic rings. The van der Waals surface area contributed by atoms with Crippen molar-refractivity contribution < 1.29 is 4.74 Å². The molecule has 1 aromatic carbocycles. The van der Waals surface area contributed by atoms with E-state index in [1.165, 1.54) is 5.56 Å². The van der Waals surface area contributed by atoms with Gasteiger partial charge in [0.05, 0.1) is 6.61 Å². The lowest BCUT2D eigenvalue weighted by Crippen LogP contribution is -2.06. The maximum absolute atomic E-state index is 5.86. The van der Waals surface area contributed by atoms with Gasteiger partial charge in [0.1, 0.15) is 5.75 Å². The summed E-state index contributed by atoms with van der Waals surface area (Å²) in [6.45, 7) is 4.77. The van der Waals surface area contributed by atoms with Gasteiger partial charge in [-0.25, -0.2) is 0 Å². The second kappa shape index (κ2) is 6.03. The Bertz CT molecular complexity index is 491. The third kappa shape index (κ3) is 3.34. The van der Waals surface area contributed by atoms with Crippen LogP contribution >= 0.6 is 11.3 Å².